The number of benzene rings is 1. The Labute approximate surface area is 125 Å². The Kier molecular flexibility index (Phi) is 4.27. The van der Waals surface area contributed by atoms with Crippen LogP contribution in [-0.4, -0.2) is 22.0 Å². The maximum Gasteiger partial charge on any atom is 0.337 e. The number of carboxylic acid groups (broad SMARTS) is 1. The normalized spacial score (nSPS) is 10.2. The summed E-state index contributed by atoms with van der Waals surface area (Å²) in [6, 6.07) is 5.64. The highest BCUT2D eigenvalue weighted by Gasteiger charge is 2.18. The second-order valence-corrected chi connectivity index (χ2v) is 4.73. The van der Waals surface area contributed by atoms with Crippen LogP contribution in [0.1, 0.15) is 20.8 Å². The van der Waals surface area contributed by atoms with Crippen LogP contribution in [0.15, 0.2) is 34.9 Å². The van der Waals surface area contributed by atoms with Crippen LogP contribution in [0.4, 0.5) is 14.5 Å². The average Bonchev–Trinajstić information content (AvgIpc) is 2.42. The maximum atomic E-state index is 13.2. The zero-order valence-corrected chi connectivity index (χ0v) is 11.8. The molecule has 1 amide bonds. The number of aromatic nitrogens is 1. The van der Waals surface area contributed by atoms with E-state index in [1.54, 1.807) is 12.1 Å². The summed E-state index contributed by atoms with van der Waals surface area (Å²) in [4.78, 5) is 26.8. The van der Waals surface area contributed by atoms with Gasteiger partial charge in [0.1, 0.15) is 10.3 Å². The highest BCUT2D eigenvalue weighted by atomic mass is 79.9. The first kappa shape index (κ1) is 15.0. The first-order valence-corrected chi connectivity index (χ1v) is 6.34. The Hall–Kier alpha value is -2.35. The average molecular weight is 357 g/mol. The van der Waals surface area contributed by atoms with Crippen molar-refractivity contribution in [2.45, 2.75) is 0 Å². The van der Waals surface area contributed by atoms with Gasteiger partial charge < -0.3 is 10.4 Å². The molecule has 0 fully saturated rings. The van der Waals surface area contributed by atoms with Gasteiger partial charge in [0.25, 0.3) is 5.91 Å². The fraction of sp³-hybridized carbons (Fsp3) is 0. The zero-order chi connectivity index (χ0) is 15.6. The minimum absolute atomic E-state index is 0.00885. The SMILES string of the molecule is O=C(Nc1cc(F)c(F)cc1C(=O)O)c1cccc(Br)n1. The quantitative estimate of drug-likeness (QED) is 0.828. The molecule has 0 aliphatic heterocycles. The fourth-order valence-corrected chi connectivity index (χ4v) is 1.89. The van der Waals surface area contributed by atoms with Crippen LogP contribution >= 0.6 is 15.9 Å². The molecule has 0 saturated heterocycles. The van der Waals surface area contributed by atoms with Crippen LogP contribution < -0.4 is 5.32 Å². The number of aromatic carboxylic acids is 1. The molecule has 0 atom stereocenters. The molecule has 2 N–H and O–H groups in total. The van der Waals surface area contributed by atoms with E-state index in [1.165, 1.54) is 6.07 Å². The number of halogens is 3. The molecule has 8 heteroatoms. The van der Waals surface area contributed by atoms with Crippen LogP contribution in [-0.2, 0) is 0 Å². The second-order valence-electron chi connectivity index (χ2n) is 3.92. The topological polar surface area (TPSA) is 79.3 Å². The van der Waals surface area contributed by atoms with E-state index in [4.69, 9.17) is 5.11 Å². The van der Waals surface area contributed by atoms with Crippen molar-refractivity contribution >= 4 is 33.5 Å². The molecule has 21 heavy (non-hydrogen) atoms. The Morgan fingerprint density at radius 2 is 1.86 bits per heavy atom. The van der Waals surface area contributed by atoms with Crippen molar-refractivity contribution in [1.82, 2.24) is 4.98 Å². The second kappa shape index (κ2) is 5.96. The first-order valence-electron chi connectivity index (χ1n) is 5.54. The van der Waals surface area contributed by atoms with Gasteiger partial charge in [-0.15, -0.1) is 0 Å². The monoisotopic (exact) mass is 356 g/mol. The number of carboxylic acids is 1. The Balaban J connectivity index is 2.37. The van der Waals surface area contributed by atoms with Crippen LogP contribution in [0.2, 0.25) is 0 Å². The number of nitrogens with zero attached hydrogens (tertiary/aromatic N) is 1. The number of carbonyl (C=O) groups is 2. The molecule has 5 nitrogen and oxygen atoms in total. The molecule has 108 valence electrons. The van der Waals surface area contributed by atoms with Crippen molar-refractivity contribution in [3.8, 4) is 0 Å². The molecule has 0 unspecified atom stereocenters. The number of hydrogen-bond acceptors (Lipinski definition) is 3. The minimum Gasteiger partial charge on any atom is -0.478 e. The summed E-state index contributed by atoms with van der Waals surface area (Å²) in [5, 5.41) is 11.1. The van der Waals surface area contributed by atoms with Crippen molar-refractivity contribution in [2.75, 3.05) is 5.32 Å². The largest absolute Gasteiger partial charge is 0.478 e. The molecule has 0 aliphatic rings. The summed E-state index contributed by atoms with van der Waals surface area (Å²) in [6.45, 7) is 0. The number of amides is 1. The highest BCUT2D eigenvalue weighted by molar-refractivity contribution is 9.10. The molecule has 1 aromatic heterocycles. The van der Waals surface area contributed by atoms with Crippen LogP contribution in [0.5, 0.6) is 0 Å². The van der Waals surface area contributed by atoms with Crippen LogP contribution in [0.3, 0.4) is 0 Å². The molecular formula is C13H7BrF2N2O3. The van der Waals surface area contributed by atoms with E-state index in [1.807, 2.05) is 0 Å². The number of pyridine rings is 1. The van der Waals surface area contributed by atoms with Gasteiger partial charge in [0.2, 0.25) is 0 Å². The van der Waals surface area contributed by atoms with Gasteiger partial charge in [-0.1, -0.05) is 6.07 Å². The maximum absolute atomic E-state index is 13.2. The van der Waals surface area contributed by atoms with E-state index in [0.717, 1.165) is 0 Å². The lowest BCUT2D eigenvalue weighted by molar-refractivity contribution is 0.0697. The number of nitrogens with one attached hydrogen (secondary N) is 1. The van der Waals surface area contributed by atoms with E-state index in [0.29, 0.717) is 16.7 Å². The predicted octanol–water partition coefficient (Wildman–Crippen LogP) is 3.07. The molecule has 1 heterocycles. The molecule has 0 saturated carbocycles. The van der Waals surface area contributed by atoms with Gasteiger partial charge in [-0.05, 0) is 34.1 Å². The molecule has 1 aromatic carbocycles. The Morgan fingerprint density at radius 3 is 2.48 bits per heavy atom. The predicted molar refractivity (Wildman–Crippen MR) is 73.2 cm³/mol. The van der Waals surface area contributed by atoms with Gasteiger partial charge in [0.05, 0.1) is 11.3 Å². The standard InChI is InChI=1S/C13H7BrF2N2O3/c14-11-3-1-2-9(17-11)12(19)18-10-5-8(16)7(15)4-6(10)13(20)21/h1-5H,(H,18,19)(H,20,21). The lowest BCUT2D eigenvalue weighted by Crippen LogP contribution is -2.16. The van der Waals surface area contributed by atoms with Crippen molar-refractivity contribution < 1.29 is 23.5 Å². The molecule has 0 bridgehead atoms. The van der Waals surface area contributed by atoms with E-state index < -0.39 is 29.1 Å². The fourth-order valence-electron chi connectivity index (χ4n) is 1.55. The van der Waals surface area contributed by atoms with E-state index >= 15 is 0 Å². The van der Waals surface area contributed by atoms with Crippen molar-refractivity contribution in [3.05, 3.63) is 57.8 Å². The Bertz CT molecular complexity index is 737. The molecule has 0 spiro atoms. The van der Waals surface area contributed by atoms with E-state index in [2.05, 4.69) is 26.2 Å². The summed E-state index contributed by atoms with van der Waals surface area (Å²) < 4.78 is 26.7. The van der Waals surface area contributed by atoms with Crippen LogP contribution in [0.25, 0.3) is 0 Å². The summed E-state index contributed by atoms with van der Waals surface area (Å²) in [5.41, 5.74) is -0.920. The summed E-state index contributed by atoms with van der Waals surface area (Å²) in [7, 11) is 0. The molecule has 2 rings (SSSR count). The first-order chi connectivity index (χ1) is 9.88. The zero-order valence-electron chi connectivity index (χ0n) is 10.2. The van der Waals surface area contributed by atoms with Gasteiger partial charge >= 0.3 is 5.97 Å². The highest BCUT2D eigenvalue weighted by Crippen LogP contribution is 2.21. The molecule has 2 aromatic rings. The smallest absolute Gasteiger partial charge is 0.337 e. The van der Waals surface area contributed by atoms with E-state index in [-0.39, 0.29) is 11.4 Å². The third kappa shape index (κ3) is 3.40. The summed E-state index contributed by atoms with van der Waals surface area (Å²) >= 11 is 3.08. The summed E-state index contributed by atoms with van der Waals surface area (Å²) in [6.07, 6.45) is 0. The number of rotatable bonds is 3. The van der Waals surface area contributed by atoms with Crippen molar-refractivity contribution in [3.63, 3.8) is 0 Å². The van der Waals surface area contributed by atoms with Gasteiger partial charge in [-0.2, -0.15) is 0 Å². The van der Waals surface area contributed by atoms with Gasteiger partial charge in [0.15, 0.2) is 11.6 Å². The number of hydrogen-bond donors (Lipinski definition) is 2. The van der Waals surface area contributed by atoms with Crippen LogP contribution in [0, 0.1) is 11.6 Å². The third-order valence-corrected chi connectivity index (χ3v) is 2.93. The van der Waals surface area contributed by atoms with E-state index in [9.17, 15) is 18.4 Å². The minimum atomic E-state index is -1.49. The van der Waals surface area contributed by atoms with Gasteiger partial charge in [0, 0.05) is 6.07 Å². The number of anilines is 1. The van der Waals surface area contributed by atoms with Gasteiger partial charge in [-0.25, -0.2) is 18.6 Å². The van der Waals surface area contributed by atoms with Gasteiger partial charge in [-0.3, -0.25) is 4.79 Å². The molecular weight excluding hydrogens is 350 g/mol. The summed E-state index contributed by atoms with van der Waals surface area (Å²) in [5.74, 6) is -4.82. The van der Waals surface area contributed by atoms with Crippen molar-refractivity contribution in [1.29, 1.82) is 0 Å². The number of carbonyl (C=O) groups excluding carboxylic acids is 1. The molecule has 0 radical (unpaired) electrons. The van der Waals surface area contributed by atoms with Crippen molar-refractivity contribution in [2.24, 2.45) is 0 Å². The lowest BCUT2D eigenvalue weighted by atomic mass is 10.1. The third-order valence-electron chi connectivity index (χ3n) is 2.49. The molecule has 0 aliphatic carbocycles. The lowest BCUT2D eigenvalue weighted by Gasteiger charge is -2.09. The Morgan fingerprint density at radius 1 is 1.19 bits per heavy atom.